The van der Waals surface area contributed by atoms with Gasteiger partial charge in [-0.1, -0.05) is 39.7 Å². The highest BCUT2D eigenvalue weighted by Gasteiger charge is 2.12. The zero-order valence-corrected chi connectivity index (χ0v) is 17.7. The lowest BCUT2D eigenvalue weighted by molar-refractivity contribution is 0.104. The first-order valence-corrected chi connectivity index (χ1v) is 9.60. The summed E-state index contributed by atoms with van der Waals surface area (Å²) in [5.74, 6) is 1.22. The van der Waals surface area contributed by atoms with Gasteiger partial charge in [0.2, 0.25) is 5.78 Å². The van der Waals surface area contributed by atoms with Gasteiger partial charge in [0.15, 0.2) is 5.69 Å². The largest absolute Gasteiger partial charge is 0.496 e. The second-order valence-corrected chi connectivity index (χ2v) is 7.33. The molecular formula is C21H18BrClN2O3. The van der Waals surface area contributed by atoms with Crippen LogP contribution in [0.4, 0.5) is 0 Å². The SMILES string of the molecule is COc1ccc(/C=C/C(=O)c2nn(C)cc2Cl)cc1COc1ccc(Br)cc1. The third-order valence-corrected chi connectivity index (χ3v) is 4.76. The number of carbonyl (C=O) groups is 1. The molecule has 0 saturated carbocycles. The van der Waals surface area contributed by atoms with Gasteiger partial charge in [0, 0.05) is 23.3 Å². The molecule has 1 heterocycles. The number of aryl methyl sites for hydroxylation is 1. The van der Waals surface area contributed by atoms with Crippen LogP contribution in [0.15, 0.2) is 59.2 Å². The minimum Gasteiger partial charge on any atom is -0.496 e. The average molecular weight is 462 g/mol. The molecule has 0 aliphatic rings. The lowest BCUT2D eigenvalue weighted by atomic mass is 10.1. The summed E-state index contributed by atoms with van der Waals surface area (Å²) in [6, 6.07) is 13.2. The molecule has 0 fully saturated rings. The molecule has 3 rings (SSSR count). The van der Waals surface area contributed by atoms with Crippen LogP contribution in [0.5, 0.6) is 11.5 Å². The van der Waals surface area contributed by atoms with Gasteiger partial charge >= 0.3 is 0 Å². The first-order valence-electron chi connectivity index (χ1n) is 8.43. The van der Waals surface area contributed by atoms with E-state index in [2.05, 4.69) is 21.0 Å². The summed E-state index contributed by atoms with van der Waals surface area (Å²) < 4.78 is 13.7. The van der Waals surface area contributed by atoms with Crippen molar-refractivity contribution in [2.24, 2.45) is 7.05 Å². The highest BCUT2D eigenvalue weighted by atomic mass is 79.9. The summed E-state index contributed by atoms with van der Waals surface area (Å²) in [4.78, 5) is 12.3. The zero-order valence-electron chi connectivity index (χ0n) is 15.4. The number of benzene rings is 2. The van der Waals surface area contributed by atoms with Gasteiger partial charge in [-0.25, -0.2) is 0 Å². The fraction of sp³-hybridized carbons (Fsp3) is 0.143. The Kier molecular flexibility index (Phi) is 6.54. The van der Waals surface area contributed by atoms with Gasteiger partial charge < -0.3 is 9.47 Å². The van der Waals surface area contributed by atoms with Crippen LogP contribution in [-0.2, 0) is 13.7 Å². The Balaban J connectivity index is 1.75. The molecule has 3 aromatic rings. The highest BCUT2D eigenvalue weighted by Crippen LogP contribution is 2.24. The first-order chi connectivity index (χ1) is 13.5. The van der Waals surface area contributed by atoms with Crippen molar-refractivity contribution in [1.82, 2.24) is 9.78 Å². The predicted molar refractivity (Wildman–Crippen MR) is 113 cm³/mol. The Morgan fingerprint density at radius 2 is 2.00 bits per heavy atom. The van der Waals surface area contributed by atoms with E-state index in [1.54, 1.807) is 26.4 Å². The van der Waals surface area contributed by atoms with Crippen LogP contribution >= 0.6 is 27.5 Å². The number of methoxy groups -OCH3 is 1. The molecular weight excluding hydrogens is 444 g/mol. The summed E-state index contributed by atoms with van der Waals surface area (Å²) in [7, 11) is 3.33. The number of halogens is 2. The van der Waals surface area contributed by atoms with Crippen LogP contribution in [0.1, 0.15) is 21.6 Å². The Morgan fingerprint density at radius 3 is 2.64 bits per heavy atom. The average Bonchev–Trinajstić information content (AvgIpc) is 3.04. The molecule has 0 spiro atoms. The van der Waals surface area contributed by atoms with Crippen molar-refractivity contribution in [2.75, 3.05) is 7.11 Å². The van der Waals surface area contributed by atoms with Crippen molar-refractivity contribution in [3.8, 4) is 11.5 Å². The molecule has 0 amide bonds. The van der Waals surface area contributed by atoms with Crippen molar-refractivity contribution < 1.29 is 14.3 Å². The zero-order chi connectivity index (χ0) is 20.1. The molecule has 0 unspecified atom stereocenters. The number of aromatic nitrogens is 2. The second kappa shape index (κ2) is 9.08. The number of nitrogens with zero attached hydrogens (tertiary/aromatic N) is 2. The number of allylic oxidation sites excluding steroid dienone is 1. The summed E-state index contributed by atoms with van der Waals surface area (Å²) in [6.45, 7) is 0.340. The molecule has 1 aromatic heterocycles. The van der Waals surface area contributed by atoms with Gasteiger partial charge in [-0.05, 0) is 48.0 Å². The maximum atomic E-state index is 12.3. The lowest BCUT2D eigenvalue weighted by Crippen LogP contribution is -2.00. The van der Waals surface area contributed by atoms with E-state index in [0.29, 0.717) is 17.4 Å². The predicted octanol–water partition coefficient (Wildman–Crippen LogP) is 5.32. The van der Waals surface area contributed by atoms with E-state index in [0.717, 1.165) is 21.3 Å². The fourth-order valence-corrected chi connectivity index (χ4v) is 3.12. The summed E-state index contributed by atoms with van der Waals surface area (Å²) >= 11 is 9.42. The number of hydrogen-bond donors (Lipinski definition) is 0. The Bertz CT molecular complexity index is 1010. The topological polar surface area (TPSA) is 53.3 Å². The van der Waals surface area contributed by atoms with Gasteiger partial charge in [0.25, 0.3) is 0 Å². The molecule has 0 radical (unpaired) electrons. The van der Waals surface area contributed by atoms with Crippen LogP contribution in [0, 0.1) is 0 Å². The number of ketones is 1. The quantitative estimate of drug-likeness (QED) is 0.353. The molecule has 7 heteroatoms. The second-order valence-electron chi connectivity index (χ2n) is 6.01. The molecule has 0 atom stereocenters. The van der Waals surface area contributed by atoms with E-state index >= 15 is 0 Å². The maximum Gasteiger partial charge on any atom is 0.207 e. The van der Waals surface area contributed by atoms with Crippen molar-refractivity contribution in [3.05, 3.63) is 81.1 Å². The minimum absolute atomic E-state index is 0.229. The van der Waals surface area contributed by atoms with Crippen molar-refractivity contribution in [3.63, 3.8) is 0 Å². The van der Waals surface area contributed by atoms with Gasteiger partial charge in [0.05, 0.1) is 12.1 Å². The number of hydrogen-bond acceptors (Lipinski definition) is 4. The monoisotopic (exact) mass is 460 g/mol. The highest BCUT2D eigenvalue weighted by molar-refractivity contribution is 9.10. The Hall–Kier alpha value is -2.57. The molecule has 0 N–H and O–H groups in total. The first kappa shape index (κ1) is 20.2. The Morgan fingerprint density at radius 1 is 1.25 bits per heavy atom. The van der Waals surface area contributed by atoms with E-state index in [1.165, 1.54) is 10.8 Å². The fourth-order valence-electron chi connectivity index (χ4n) is 2.58. The van der Waals surface area contributed by atoms with Gasteiger partial charge in [-0.3, -0.25) is 9.48 Å². The van der Waals surface area contributed by atoms with Gasteiger partial charge in [-0.2, -0.15) is 5.10 Å². The van der Waals surface area contributed by atoms with Crippen LogP contribution in [0.25, 0.3) is 6.08 Å². The maximum absolute atomic E-state index is 12.3. The van der Waals surface area contributed by atoms with Crippen molar-refractivity contribution in [2.45, 2.75) is 6.61 Å². The summed E-state index contributed by atoms with van der Waals surface area (Å²) in [5.41, 5.74) is 1.94. The lowest BCUT2D eigenvalue weighted by Gasteiger charge is -2.11. The summed E-state index contributed by atoms with van der Waals surface area (Å²) in [6.07, 6.45) is 4.76. The van der Waals surface area contributed by atoms with E-state index in [1.807, 2.05) is 42.5 Å². The van der Waals surface area contributed by atoms with Crippen LogP contribution in [0.3, 0.4) is 0 Å². The van der Waals surface area contributed by atoms with Crippen LogP contribution < -0.4 is 9.47 Å². The molecule has 0 saturated heterocycles. The normalized spacial score (nSPS) is 11.0. The van der Waals surface area contributed by atoms with E-state index in [4.69, 9.17) is 21.1 Å². The number of rotatable bonds is 7. The van der Waals surface area contributed by atoms with Crippen LogP contribution in [-0.4, -0.2) is 22.7 Å². The third kappa shape index (κ3) is 5.03. The van der Waals surface area contributed by atoms with E-state index < -0.39 is 0 Å². The van der Waals surface area contributed by atoms with E-state index in [-0.39, 0.29) is 11.5 Å². The number of carbonyl (C=O) groups excluding carboxylic acids is 1. The van der Waals surface area contributed by atoms with Crippen molar-refractivity contribution in [1.29, 1.82) is 0 Å². The molecule has 28 heavy (non-hydrogen) atoms. The molecule has 144 valence electrons. The molecule has 5 nitrogen and oxygen atoms in total. The molecule has 0 aliphatic carbocycles. The standard InChI is InChI=1S/C21H18BrClN2O3/c1-25-12-18(23)21(24-25)19(26)9-3-14-4-10-20(27-2)15(11-14)13-28-17-7-5-16(22)6-8-17/h3-12H,13H2,1-2H3/b9-3+. The number of ether oxygens (including phenoxy) is 2. The van der Waals surface area contributed by atoms with Gasteiger partial charge in [-0.15, -0.1) is 0 Å². The van der Waals surface area contributed by atoms with E-state index in [9.17, 15) is 4.79 Å². The molecule has 0 aliphatic heterocycles. The van der Waals surface area contributed by atoms with Gasteiger partial charge in [0.1, 0.15) is 18.1 Å². The molecule has 2 aromatic carbocycles. The van der Waals surface area contributed by atoms with Crippen LogP contribution in [0.2, 0.25) is 5.02 Å². The Labute approximate surface area is 176 Å². The molecule has 0 bridgehead atoms. The third-order valence-electron chi connectivity index (χ3n) is 3.96. The minimum atomic E-state index is -0.255. The van der Waals surface area contributed by atoms with Crippen molar-refractivity contribution >= 4 is 39.4 Å². The summed E-state index contributed by atoms with van der Waals surface area (Å²) in [5, 5.41) is 4.41. The smallest absolute Gasteiger partial charge is 0.207 e.